The summed E-state index contributed by atoms with van der Waals surface area (Å²) in [6, 6.07) is 4.48. The van der Waals surface area contributed by atoms with Crippen LogP contribution in [0.4, 0.5) is 5.69 Å². The molecule has 1 amide bonds. The van der Waals surface area contributed by atoms with Crippen LogP contribution < -0.4 is 10.9 Å². The maximum absolute atomic E-state index is 12.0. The van der Waals surface area contributed by atoms with Crippen LogP contribution in [0.25, 0.3) is 0 Å². The summed E-state index contributed by atoms with van der Waals surface area (Å²) >= 11 is 0. The topological polar surface area (TPSA) is 115 Å². The molecule has 0 aliphatic carbocycles. The average molecular weight is 275 g/mol. The minimum absolute atomic E-state index is 0.0780. The van der Waals surface area contributed by atoms with E-state index in [0.29, 0.717) is 11.4 Å². The molecule has 0 fully saturated rings. The van der Waals surface area contributed by atoms with Crippen LogP contribution in [0.2, 0.25) is 0 Å². The molecule has 0 aliphatic heterocycles. The van der Waals surface area contributed by atoms with Gasteiger partial charge in [0.1, 0.15) is 11.3 Å². The van der Waals surface area contributed by atoms with E-state index in [4.69, 9.17) is 5.11 Å². The summed E-state index contributed by atoms with van der Waals surface area (Å²) in [6.45, 7) is 3.36. The lowest BCUT2D eigenvalue weighted by Gasteiger charge is -2.04. The molecule has 0 unspecified atom stereocenters. The molecule has 0 spiro atoms. The van der Waals surface area contributed by atoms with E-state index >= 15 is 0 Å². The van der Waals surface area contributed by atoms with Gasteiger partial charge in [-0.25, -0.2) is 4.79 Å². The van der Waals surface area contributed by atoms with Crippen LogP contribution >= 0.6 is 0 Å². The molecule has 7 heteroatoms. The summed E-state index contributed by atoms with van der Waals surface area (Å²) in [6.07, 6.45) is 0. The number of aromatic amines is 2. The summed E-state index contributed by atoms with van der Waals surface area (Å²) in [4.78, 5) is 39.8. The van der Waals surface area contributed by atoms with Gasteiger partial charge < -0.3 is 20.4 Å². The van der Waals surface area contributed by atoms with Crippen molar-refractivity contribution in [2.45, 2.75) is 13.8 Å². The number of hydrogen-bond acceptors (Lipinski definition) is 3. The average Bonchev–Trinajstić information content (AvgIpc) is 2.70. The number of amides is 1. The Morgan fingerprint density at radius 3 is 2.45 bits per heavy atom. The van der Waals surface area contributed by atoms with Crippen molar-refractivity contribution in [2.24, 2.45) is 0 Å². The lowest BCUT2D eigenvalue weighted by atomic mass is 10.2. The molecule has 0 bridgehead atoms. The largest absolute Gasteiger partial charge is 0.477 e. The van der Waals surface area contributed by atoms with Crippen LogP contribution in [-0.2, 0) is 0 Å². The molecule has 0 saturated carbocycles. The van der Waals surface area contributed by atoms with Gasteiger partial charge in [0.05, 0.1) is 5.69 Å². The number of carbonyl (C=O) groups is 2. The highest BCUT2D eigenvalue weighted by Crippen LogP contribution is 2.17. The van der Waals surface area contributed by atoms with Crippen molar-refractivity contribution in [3.8, 4) is 0 Å². The number of rotatable bonds is 3. The van der Waals surface area contributed by atoms with Crippen molar-refractivity contribution in [2.75, 3.05) is 5.32 Å². The Kier molecular flexibility index (Phi) is 3.43. The molecule has 0 saturated heterocycles. The van der Waals surface area contributed by atoms with E-state index in [1.807, 2.05) is 0 Å². The van der Waals surface area contributed by atoms with Crippen molar-refractivity contribution in [1.29, 1.82) is 0 Å². The highest BCUT2D eigenvalue weighted by molar-refractivity contribution is 6.07. The number of H-pyrrole nitrogens is 2. The Bertz CT molecular complexity index is 742. The second kappa shape index (κ2) is 5.04. The predicted molar refractivity (Wildman–Crippen MR) is 72.2 cm³/mol. The van der Waals surface area contributed by atoms with Crippen molar-refractivity contribution in [3.63, 3.8) is 0 Å². The molecule has 20 heavy (non-hydrogen) atoms. The summed E-state index contributed by atoms with van der Waals surface area (Å²) in [5, 5.41) is 11.4. The number of nitrogens with one attached hydrogen (secondary N) is 3. The van der Waals surface area contributed by atoms with Gasteiger partial charge in [-0.05, 0) is 32.0 Å². The molecule has 4 N–H and O–H groups in total. The SMILES string of the molecule is Cc1cc(NC(=O)c2ccc(C)[nH]c2=O)c(C(=O)O)[nH]1. The number of anilines is 1. The van der Waals surface area contributed by atoms with Crippen LogP contribution in [0.3, 0.4) is 0 Å². The van der Waals surface area contributed by atoms with Crippen molar-refractivity contribution in [3.05, 3.63) is 51.2 Å². The van der Waals surface area contributed by atoms with Crippen LogP contribution in [-0.4, -0.2) is 27.0 Å². The minimum atomic E-state index is -1.19. The lowest BCUT2D eigenvalue weighted by Crippen LogP contribution is -2.23. The molecular weight excluding hydrogens is 262 g/mol. The van der Waals surface area contributed by atoms with Gasteiger partial charge in [-0.1, -0.05) is 0 Å². The second-order valence-electron chi connectivity index (χ2n) is 4.38. The zero-order chi connectivity index (χ0) is 14.9. The smallest absolute Gasteiger partial charge is 0.354 e. The maximum Gasteiger partial charge on any atom is 0.354 e. The molecule has 0 aliphatic rings. The minimum Gasteiger partial charge on any atom is -0.477 e. The fourth-order valence-corrected chi connectivity index (χ4v) is 1.80. The first-order valence-corrected chi connectivity index (χ1v) is 5.82. The fourth-order valence-electron chi connectivity index (χ4n) is 1.80. The first kappa shape index (κ1) is 13.6. The van der Waals surface area contributed by atoms with E-state index < -0.39 is 17.4 Å². The Labute approximate surface area is 113 Å². The first-order chi connectivity index (χ1) is 9.38. The highest BCUT2D eigenvalue weighted by atomic mass is 16.4. The fraction of sp³-hybridized carbons (Fsp3) is 0.154. The van der Waals surface area contributed by atoms with E-state index in [2.05, 4.69) is 15.3 Å². The second-order valence-corrected chi connectivity index (χ2v) is 4.38. The van der Waals surface area contributed by atoms with Crippen LogP contribution in [0.15, 0.2) is 23.0 Å². The first-order valence-electron chi connectivity index (χ1n) is 5.82. The van der Waals surface area contributed by atoms with Gasteiger partial charge in [0.15, 0.2) is 0 Å². The number of carbonyl (C=O) groups excluding carboxylic acids is 1. The third kappa shape index (κ3) is 2.61. The number of aryl methyl sites for hydroxylation is 2. The third-order valence-electron chi connectivity index (χ3n) is 2.71. The molecule has 0 atom stereocenters. The van der Waals surface area contributed by atoms with Crippen LogP contribution in [0.1, 0.15) is 32.2 Å². The monoisotopic (exact) mass is 275 g/mol. The molecular formula is C13H13N3O4. The zero-order valence-electron chi connectivity index (χ0n) is 10.9. The Morgan fingerprint density at radius 2 is 1.85 bits per heavy atom. The summed E-state index contributed by atoms with van der Waals surface area (Å²) in [5.74, 6) is -1.85. The third-order valence-corrected chi connectivity index (χ3v) is 2.71. The Hall–Kier alpha value is -2.83. The van der Waals surface area contributed by atoms with Gasteiger partial charge in [0.25, 0.3) is 11.5 Å². The Balaban J connectivity index is 2.32. The quantitative estimate of drug-likeness (QED) is 0.675. The number of carboxylic acid groups (broad SMARTS) is 1. The number of carboxylic acids is 1. The molecule has 7 nitrogen and oxygen atoms in total. The van der Waals surface area contributed by atoms with Gasteiger partial charge >= 0.3 is 5.97 Å². The standard InChI is InChI=1S/C13H13N3O4/c1-6-3-4-8(11(17)15-6)12(18)16-9-5-7(2)14-10(9)13(19)20/h3-5,14H,1-2H3,(H,15,17)(H,16,18)(H,19,20). The predicted octanol–water partition coefficient (Wildman–Crippen LogP) is 1.27. The zero-order valence-corrected chi connectivity index (χ0v) is 10.9. The number of hydrogen-bond donors (Lipinski definition) is 4. The molecule has 2 aromatic rings. The van der Waals surface area contributed by atoms with E-state index in [9.17, 15) is 14.4 Å². The highest BCUT2D eigenvalue weighted by Gasteiger charge is 2.17. The normalized spacial score (nSPS) is 10.3. The van der Waals surface area contributed by atoms with Crippen molar-refractivity contribution in [1.82, 2.24) is 9.97 Å². The van der Waals surface area contributed by atoms with E-state index in [1.165, 1.54) is 12.1 Å². The van der Waals surface area contributed by atoms with E-state index in [1.54, 1.807) is 19.9 Å². The lowest BCUT2D eigenvalue weighted by molar-refractivity contribution is 0.0692. The molecule has 0 radical (unpaired) electrons. The van der Waals surface area contributed by atoms with E-state index in [0.717, 1.165) is 0 Å². The summed E-state index contributed by atoms with van der Waals surface area (Å²) in [7, 11) is 0. The number of aromatic nitrogens is 2. The molecule has 2 heterocycles. The Morgan fingerprint density at radius 1 is 1.15 bits per heavy atom. The number of pyridine rings is 1. The maximum atomic E-state index is 12.0. The number of aromatic carboxylic acids is 1. The van der Waals surface area contributed by atoms with Crippen LogP contribution in [0, 0.1) is 13.8 Å². The summed E-state index contributed by atoms with van der Waals surface area (Å²) < 4.78 is 0. The molecule has 104 valence electrons. The van der Waals surface area contributed by atoms with Gasteiger partial charge in [0, 0.05) is 11.4 Å². The molecule has 2 aromatic heterocycles. The van der Waals surface area contributed by atoms with Gasteiger partial charge in [-0.15, -0.1) is 0 Å². The summed E-state index contributed by atoms with van der Waals surface area (Å²) in [5.41, 5.74) is 0.627. The van der Waals surface area contributed by atoms with Gasteiger partial charge in [0.2, 0.25) is 0 Å². The van der Waals surface area contributed by atoms with Crippen molar-refractivity contribution < 1.29 is 14.7 Å². The van der Waals surface area contributed by atoms with Crippen LogP contribution in [0.5, 0.6) is 0 Å². The van der Waals surface area contributed by atoms with Crippen molar-refractivity contribution >= 4 is 17.6 Å². The molecule has 0 aromatic carbocycles. The molecule has 2 rings (SSSR count). The van der Waals surface area contributed by atoms with E-state index in [-0.39, 0.29) is 16.9 Å². The van der Waals surface area contributed by atoms with Gasteiger partial charge in [-0.3, -0.25) is 9.59 Å². The van der Waals surface area contributed by atoms with Gasteiger partial charge in [-0.2, -0.15) is 0 Å².